The number of halogens is 2. The molecule has 4 fully saturated rings. The molecule has 4 nitrogen and oxygen atoms in total. The van der Waals surface area contributed by atoms with Crippen molar-refractivity contribution in [3.05, 3.63) is 28.6 Å². The van der Waals surface area contributed by atoms with Gasteiger partial charge in [-0.05, 0) is 55.4 Å². The number of hydroxylamine groups is 1. The zero-order valence-corrected chi connectivity index (χ0v) is 15.5. The standard InChI is InChI=1S/C17H18ClN3OS.ClH/c18-15-7-11-1-2-13(8-14(11)23-15)19-16-9-17(22-20-16)10-21-5-3-12(17)4-6-21;/h1-2,7-8,12H,3-6,9-10H2,(H,19,20);1H/t17-;/m0./s1. The second-order valence-electron chi connectivity index (χ2n) is 6.83. The summed E-state index contributed by atoms with van der Waals surface area (Å²) in [4.78, 5) is 13.3. The Kier molecular flexibility index (Phi) is 4.25. The fourth-order valence-corrected chi connectivity index (χ4v) is 5.42. The maximum atomic E-state index is 6.08. The van der Waals surface area contributed by atoms with Crippen molar-refractivity contribution < 1.29 is 4.84 Å². The Morgan fingerprint density at radius 1 is 1.29 bits per heavy atom. The van der Waals surface area contributed by atoms with Gasteiger partial charge in [-0.1, -0.05) is 17.7 Å². The highest BCUT2D eigenvalue weighted by Crippen LogP contribution is 2.42. The first-order chi connectivity index (χ1) is 11.2. The lowest BCUT2D eigenvalue weighted by atomic mass is 9.74. The number of aliphatic imine (C=N–C) groups is 1. The van der Waals surface area contributed by atoms with E-state index >= 15 is 0 Å². The number of nitrogens with zero attached hydrogens (tertiary/aromatic N) is 2. The fraction of sp³-hybridized carbons (Fsp3) is 0.471. The van der Waals surface area contributed by atoms with Crippen LogP contribution in [0.25, 0.3) is 10.1 Å². The molecule has 0 amide bonds. The van der Waals surface area contributed by atoms with Gasteiger partial charge in [-0.2, -0.15) is 0 Å². The third-order valence-corrected chi connectivity index (χ3v) is 6.63. The van der Waals surface area contributed by atoms with E-state index in [9.17, 15) is 0 Å². The maximum Gasteiger partial charge on any atom is 0.129 e. The quantitative estimate of drug-likeness (QED) is 0.792. The smallest absolute Gasteiger partial charge is 0.129 e. The van der Waals surface area contributed by atoms with Crippen LogP contribution in [0.5, 0.6) is 0 Å². The predicted molar refractivity (Wildman–Crippen MR) is 102 cm³/mol. The zero-order chi connectivity index (χ0) is 15.4. The van der Waals surface area contributed by atoms with Crippen LogP contribution >= 0.6 is 35.3 Å². The van der Waals surface area contributed by atoms with Gasteiger partial charge < -0.3 is 4.90 Å². The molecule has 4 aliphatic heterocycles. The third kappa shape index (κ3) is 2.72. The third-order valence-electron chi connectivity index (χ3n) is 5.40. The minimum absolute atomic E-state index is 0. The van der Waals surface area contributed by atoms with Gasteiger partial charge in [0.05, 0.1) is 10.0 Å². The van der Waals surface area contributed by atoms with Gasteiger partial charge in [-0.25, -0.2) is 4.99 Å². The Labute approximate surface area is 156 Å². The number of rotatable bonds is 1. The van der Waals surface area contributed by atoms with Crippen LogP contribution in [0.2, 0.25) is 4.34 Å². The summed E-state index contributed by atoms with van der Waals surface area (Å²) in [5.41, 5.74) is 4.00. The van der Waals surface area contributed by atoms with Crippen LogP contribution in [0.1, 0.15) is 19.3 Å². The lowest BCUT2D eigenvalue weighted by Gasteiger charge is -2.49. The SMILES string of the molecule is Cl.Clc1cc2ccc(N=C3C[C@@]4(CN5CCC4CC5)ON3)cc2s1. The molecule has 24 heavy (non-hydrogen) atoms. The average Bonchev–Trinajstić information content (AvgIpc) is 3.11. The van der Waals surface area contributed by atoms with Gasteiger partial charge in [-0.15, -0.1) is 23.7 Å². The van der Waals surface area contributed by atoms with Crippen molar-refractivity contribution in [2.75, 3.05) is 19.6 Å². The van der Waals surface area contributed by atoms with Gasteiger partial charge in [0, 0.05) is 17.7 Å². The Morgan fingerprint density at radius 2 is 2.12 bits per heavy atom. The first-order valence-electron chi connectivity index (χ1n) is 8.13. The second-order valence-corrected chi connectivity index (χ2v) is 8.54. The molecule has 0 aliphatic carbocycles. The molecule has 1 spiro atoms. The predicted octanol–water partition coefficient (Wildman–Crippen LogP) is 4.40. The van der Waals surface area contributed by atoms with Gasteiger partial charge in [0.1, 0.15) is 11.4 Å². The van der Waals surface area contributed by atoms with Crippen molar-refractivity contribution in [2.45, 2.75) is 24.9 Å². The summed E-state index contributed by atoms with van der Waals surface area (Å²) in [7, 11) is 0. The van der Waals surface area contributed by atoms with Crippen LogP contribution in [-0.2, 0) is 4.84 Å². The largest absolute Gasteiger partial charge is 0.300 e. The van der Waals surface area contributed by atoms with Gasteiger partial charge >= 0.3 is 0 Å². The van der Waals surface area contributed by atoms with Crippen molar-refractivity contribution in [2.24, 2.45) is 10.9 Å². The van der Waals surface area contributed by atoms with Crippen molar-refractivity contribution in [3.8, 4) is 0 Å². The lowest BCUT2D eigenvalue weighted by Crippen LogP contribution is -2.59. The molecule has 0 radical (unpaired) electrons. The minimum atomic E-state index is -0.0638. The van der Waals surface area contributed by atoms with E-state index in [2.05, 4.69) is 22.5 Å². The molecule has 1 N–H and O–H groups in total. The number of amidine groups is 1. The average molecular weight is 384 g/mol. The first-order valence-corrected chi connectivity index (χ1v) is 9.33. The highest BCUT2D eigenvalue weighted by Gasteiger charge is 2.52. The van der Waals surface area contributed by atoms with E-state index < -0.39 is 0 Å². The second kappa shape index (κ2) is 6.15. The topological polar surface area (TPSA) is 36.9 Å². The van der Waals surface area contributed by atoms with Crippen LogP contribution < -0.4 is 5.48 Å². The van der Waals surface area contributed by atoms with Crippen molar-refractivity contribution in [1.82, 2.24) is 10.4 Å². The molecule has 0 saturated carbocycles. The van der Waals surface area contributed by atoms with Crippen molar-refractivity contribution in [1.29, 1.82) is 0 Å². The lowest BCUT2D eigenvalue weighted by molar-refractivity contribution is -0.150. The number of thiophene rings is 1. The van der Waals surface area contributed by atoms with Crippen molar-refractivity contribution in [3.63, 3.8) is 0 Å². The van der Waals surface area contributed by atoms with Crippen molar-refractivity contribution >= 4 is 57.0 Å². The highest BCUT2D eigenvalue weighted by atomic mass is 35.5. The molecule has 1 aromatic carbocycles. The normalized spacial score (nSPS) is 33.1. The summed E-state index contributed by atoms with van der Waals surface area (Å²) < 4.78 is 1.99. The molecule has 2 aromatic rings. The minimum Gasteiger partial charge on any atom is -0.300 e. The molecule has 1 atom stereocenters. The fourth-order valence-electron chi connectivity index (χ4n) is 4.23. The molecule has 6 rings (SSSR count). The summed E-state index contributed by atoms with van der Waals surface area (Å²) in [5, 5.41) is 1.17. The Morgan fingerprint density at radius 3 is 2.88 bits per heavy atom. The highest BCUT2D eigenvalue weighted by molar-refractivity contribution is 7.22. The molecule has 4 aliphatic rings. The van der Waals surface area contributed by atoms with Crippen LogP contribution in [0.3, 0.4) is 0 Å². The van der Waals surface area contributed by atoms with E-state index in [1.54, 1.807) is 11.3 Å². The van der Waals surface area contributed by atoms with Crippen LogP contribution in [-0.4, -0.2) is 36.0 Å². The molecule has 5 heterocycles. The molecular formula is C17H19Cl2N3OS. The van der Waals surface area contributed by atoms with Gasteiger partial charge in [0.25, 0.3) is 0 Å². The molecule has 7 heteroatoms. The van der Waals surface area contributed by atoms with E-state index in [-0.39, 0.29) is 18.0 Å². The summed E-state index contributed by atoms with van der Waals surface area (Å²) in [6.07, 6.45) is 3.38. The summed E-state index contributed by atoms with van der Waals surface area (Å²) in [6, 6.07) is 8.22. The Hall–Kier alpha value is -0.850. The molecule has 4 saturated heterocycles. The van der Waals surface area contributed by atoms with E-state index in [0.29, 0.717) is 5.92 Å². The van der Waals surface area contributed by atoms with Gasteiger partial charge in [-0.3, -0.25) is 10.3 Å². The molecule has 2 bridgehead atoms. The number of nitrogens with one attached hydrogen (secondary N) is 1. The van der Waals surface area contributed by atoms with Crippen LogP contribution in [0.4, 0.5) is 5.69 Å². The first kappa shape index (κ1) is 16.6. The van der Waals surface area contributed by atoms with E-state index in [4.69, 9.17) is 21.4 Å². The molecule has 0 unspecified atom stereocenters. The summed E-state index contributed by atoms with van der Waals surface area (Å²) >= 11 is 7.68. The van der Waals surface area contributed by atoms with E-state index in [1.165, 1.54) is 36.0 Å². The number of hydrogen-bond donors (Lipinski definition) is 1. The number of piperidine rings is 3. The molecular weight excluding hydrogens is 365 g/mol. The number of hydrogen-bond acceptors (Lipinski definition) is 4. The Balaban J connectivity index is 0.00000146. The molecule has 128 valence electrons. The van der Waals surface area contributed by atoms with E-state index in [0.717, 1.165) is 28.8 Å². The number of fused-ring (bicyclic) bond motifs is 3. The summed E-state index contributed by atoms with van der Waals surface area (Å²) in [5.74, 6) is 1.60. The van der Waals surface area contributed by atoms with Gasteiger partial charge in [0.15, 0.2) is 0 Å². The summed E-state index contributed by atoms with van der Waals surface area (Å²) in [6.45, 7) is 3.47. The Bertz CT molecular complexity index is 800. The maximum absolute atomic E-state index is 6.08. The number of benzene rings is 1. The van der Waals surface area contributed by atoms with E-state index in [1.807, 2.05) is 12.1 Å². The zero-order valence-electron chi connectivity index (χ0n) is 13.1. The van der Waals surface area contributed by atoms with Crippen LogP contribution in [0.15, 0.2) is 29.3 Å². The molecule has 1 aromatic heterocycles. The monoisotopic (exact) mass is 383 g/mol. The van der Waals surface area contributed by atoms with Crippen LogP contribution in [0, 0.1) is 5.92 Å². The van der Waals surface area contributed by atoms with Gasteiger partial charge in [0.2, 0.25) is 0 Å².